The molecule has 0 aliphatic carbocycles. The highest BCUT2D eigenvalue weighted by Crippen LogP contribution is 2.19. The number of hydrogen-bond donors (Lipinski definition) is 0. The second-order valence-corrected chi connectivity index (χ2v) is 6.84. The molecule has 1 fully saturated rings. The van der Waals surface area contributed by atoms with Gasteiger partial charge >= 0.3 is 0 Å². The molecular formula is C22H21FN2O2. The van der Waals surface area contributed by atoms with Gasteiger partial charge in [-0.3, -0.25) is 4.79 Å². The van der Waals surface area contributed by atoms with Crippen molar-refractivity contribution in [2.24, 2.45) is 0 Å². The summed E-state index contributed by atoms with van der Waals surface area (Å²) in [6.07, 6.45) is 1.95. The van der Waals surface area contributed by atoms with Crippen LogP contribution in [0.3, 0.4) is 0 Å². The molecule has 4 nitrogen and oxygen atoms in total. The number of ether oxygens (including phenoxy) is 1. The smallest absolute Gasteiger partial charge is 0.272 e. The largest absolute Gasteiger partial charge is 0.376 e. The molecule has 138 valence electrons. The summed E-state index contributed by atoms with van der Waals surface area (Å²) >= 11 is 0. The monoisotopic (exact) mass is 364 g/mol. The Kier molecular flexibility index (Phi) is 5.12. The highest BCUT2D eigenvalue weighted by Gasteiger charge is 2.24. The zero-order valence-electron chi connectivity index (χ0n) is 15.0. The van der Waals surface area contributed by atoms with E-state index in [-0.39, 0.29) is 17.8 Å². The van der Waals surface area contributed by atoms with E-state index < -0.39 is 0 Å². The van der Waals surface area contributed by atoms with Crippen LogP contribution in [0, 0.1) is 5.82 Å². The third-order valence-electron chi connectivity index (χ3n) is 4.82. The first-order valence-electron chi connectivity index (χ1n) is 9.20. The molecule has 1 aromatic heterocycles. The number of amides is 1. The maximum absolute atomic E-state index is 13.6. The lowest BCUT2D eigenvalue weighted by Gasteiger charge is -2.25. The molecule has 0 saturated carbocycles. The third-order valence-corrected chi connectivity index (χ3v) is 4.82. The Bertz CT molecular complexity index is 954. The van der Waals surface area contributed by atoms with Crippen molar-refractivity contribution in [3.8, 4) is 0 Å². The van der Waals surface area contributed by atoms with Gasteiger partial charge in [-0.05, 0) is 42.7 Å². The van der Waals surface area contributed by atoms with E-state index in [0.717, 1.165) is 35.9 Å². The van der Waals surface area contributed by atoms with Crippen LogP contribution in [0.4, 0.5) is 4.39 Å². The lowest BCUT2D eigenvalue weighted by atomic mass is 10.1. The summed E-state index contributed by atoms with van der Waals surface area (Å²) in [6, 6.07) is 17.7. The molecule has 1 amide bonds. The summed E-state index contributed by atoms with van der Waals surface area (Å²) in [5.41, 5.74) is 1.93. The standard InChI is InChI=1S/C22H21FN2O2/c23-18-7-3-5-16(13-18)14-25(15-19-8-4-12-27-19)22(26)21-11-10-17-6-1-2-9-20(17)24-21/h1-3,5-7,9-11,13,19H,4,8,12,14-15H2/t19-/m1/s1. The van der Waals surface area contributed by atoms with Gasteiger partial charge in [-0.2, -0.15) is 0 Å². The molecule has 1 aliphatic rings. The van der Waals surface area contributed by atoms with Crippen molar-refractivity contribution in [1.82, 2.24) is 9.88 Å². The van der Waals surface area contributed by atoms with Crippen molar-refractivity contribution in [2.45, 2.75) is 25.5 Å². The number of hydrogen-bond acceptors (Lipinski definition) is 3. The van der Waals surface area contributed by atoms with Crippen LogP contribution in [-0.4, -0.2) is 35.0 Å². The normalized spacial score (nSPS) is 16.6. The van der Waals surface area contributed by atoms with Gasteiger partial charge in [0, 0.05) is 25.1 Å². The number of carbonyl (C=O) groups excluding carboxylic acids is 1. The van der Waals surface area contributed by atoms with E-state index in [1.807, 2.05) is 36.4 Å². The van der Waals surface area contributed by atoms with Crippen LogP contribution >= 0.6 is 0 Å². The maximum atomic E-state index is 13.6. The predicted octanol–water partition coefficient (Wildman–Crippen LogP) is 4.20. The van der Waals surface area contributed by atoms with E-state index in [0.29, 0.717) is 18.8 Å². The minimum Gasteiger partial charge on any atom is -0.376 e. The number of benzene rings is 2. The van der Waals surface area contributed by atoms with Gasteiger partial charge in [-0.15, -0.1) is 0 Å². The number of aromatic nitrogens is 1. The van der Waals surface area contributed by atoms with Crippen LogP contribution < -0.4 is 0 Å². The van der Waals surface area contributed by atoms with Gasteiger partial charge in [0.25, 0.3) is 5.91 Å². The number of para-hydroxylation sites is 1. The van der Waals surface area contributed by atoms with Gasteiger partial charge in [0.15, 0.2) is 0 Å². The average Bonchev–Trinajstić information content (AvgIpc) is 3.20. The zero-order valence-corrected chi connectivity index (χ0v) is 15.0. The van der Waals surface area contributed by atoms with Gasteiger partial charge < -0.3 is 9.64 Å². The van der Waals surface area contributed by atoms with Crippen LogP contribution in [0.1, 0.15) is 28.9 Å². The van der Waals surface area contributed by atoms with Crippen LogP contribution in [-0.2, 0) is 11.3 Å². The molecule has 5 heteroatoms. The van der Waals surface area contributed by atoms with Gasteiger partial charge in [0.1, 0.15) is 11.5 Å². The molecule has 0 radical (unpaired) electrons. The van der Waals surface area contributed by atoms with Crippen LogP contribution in [0.5, 0.6) is 0 Å². The highest BCUT2D eigenvalue weighted by atomic mass is 19.1. The van der Waals surface area contributed by atoms with E-state index in [4.69, 9.17) is 4.74 Å². The number of fused-ring (bicyclic) bond motifs is 1. The summed E-state index contributed by atoms with van der Waals surface area (Å²) < 4.78 is 19.3. The van der Waals surface area contributed by atoms with Gasteiger partial charge in [-0.1, -0.05) is 36.4 Å². The molecule has 2 heterocycles. The van der Waals surface area contributed by atoms with Gasteiger partial charge in [0.2, 0.25) is 0 Å². The Hall–Kier alpha value is -2.79. The summed E-state index contributed by atoms with van der Waals surface area (Å²) in [5.74, 6) is -0.471. The van der Waals surface area contributed by atoms with Crippen molar-refractivity contribution in [3.63, 3.8) is 0 Å². The molecule has 1 aliphatic heterocycles. The summed E-state index contributed by atoms with van der Waals surface area (Å²) in [6.45, 7) is 1.52. The second-order valence-electron chi connectivity index (χ2n) is 6.84. The molecule has 27 heavy (non-hydrogen) atoms. The van der Waals surface area contributed by atoms with E-state index in [1.165, 1.54) is 12.1 Å². The lowest BCUT2D eigenvalue weighted by Crippen LogP contribution is -2.37. The topological polar surface area (TPSA) is 42.4 Å². The van der Waals surface area contributed by atoms with Crippen LogP contribution in [0.2, 0.25) is 0 Å². The van der Waals surface area contributed by atoms with Crippen molar-refractivity contribution in [2.75, 3.05) is 13.2 Å². The Balaban J connectivity index is 1.61. The summed E-state index contributed by atoms with van der Waals surface area (Å²) in [5, 5.41) is 0.991. The number of pyridine rings is 1. The minimum atomic E-state index is -0.305. The SMILES string of the molecule is O=C(c1ccc2ccccc2n1)N(Cc1cccc(F)c1)C[C@H]1CCCO1. The number of nitrogens with zero attached hydrogens (tertiary/aromatic N) is 2. The van der Waals surface area contributed by atoms with Crippen molar-refractivity contribution in [1.29, 1.82) is 0 Å². The fourth-order valence-corrected chi connectivity index (χ4v) is 3.46. The molecule has 0 unspecified atom stereocenters. The number of carbonyl (C=O) groups is 1. The maximum Gasteiger partial charge on any atom is 0.272 e. The Morgan fingerprint density at radius 2 is 2.04 bits per heavy atom. The first-order valence-corrected chi connectivity index (χ1v) is 9.20. The second kappa shape index (κ2) is 7.84. The lowest BCUT2D eigenvalue weighted by molar-refractivity contribution is 0.0503. The van der Waals surface area contributed by atoms with Crippen molar-refractivity contribution < 1.29 is 13.9 Å². The van der Waals surface area contributed by atoms with Gasteiger partial charge in [0.05, 0.1) is 11.6 Å². The number of halogens is 1. The average molecular weight is 364 g/mol. The molecule has 0 bridgehead atoms. The van der Waals surface area contributed by atoms with E-state index in [1.54, 1.807) is 17.0 Å². The quantitative estimate of drug-likeness (QED) is 0.682. The number of rotatable bonds is 5. The molecule has 4 rings (SSSR count). The molecule has 2 aromatic carbocycles. The Morgan fingerprint density at radius 1 is 1.15 bits per heavy atom. The van der Waals surface area contributed by atoms with Crippen molar-refractivity contribution in [3.05, 3.63) is 77.7 Å². The Labute approximate surface area is 157 Å². The first-order chi connectivity index (χ1) is 13.2. The predicted molar refractivity (Wildman–Crippen MR) is 102 cm³/mol. The van der Waals surface area contributed by atoms with E-state index in [9.17, 15) is 9.18 Å². The van der Waals surface area contributed by atoms with Crippen LogP contribution in [0.15, 0.2) is 60.7 Å². The zero-order chi connectivity index (χ0) is 18.6. The molecule has 3 aromatic rings. The molecule has 0 spiro atoms. The Morgan fingerprint density at radius 3 is 2.85 bits per heavy atom. The highest BCUT2D eigenvalue weighted by molar-refractivity contribution is 5.94. The fourth-order valence-electron chi connectivity index (χ4n) is 3.46. The first kappa shape index (κ1) is 17.6. The van der Waals surface area contributed by atoms with E-state index in [2.05, 4.69) is 4.98 Å². The summed E-state index contributed by atoms with van der Waals surface area (Å²) in [4.78, 5) is 19.4. The van der Waals surface area contributed by atoms with E-state index >= 15 is 0 Å². The van der Waals surface area contributed by atoms with Crippen molar-refractivity contribution >= 4 is 16.8 Å². The molecule has 1 atom stereocenters. The molecule has 1 saturated heterocycles. The van der Waals surface area contributed by atoms with Crippen LogP contribution in [0.25, 0.3) is 10.9 Å². The molecular weight excluding hydrogens is 343 g/mol. The molecule has 0 N–H and O–H groups in total. The van der Waals surface area contributed by atoms with Gasteiger partial charge in [-0.25, -0.2) is 9.37 Å². The summed E-state index contributed by atoms with van der Waals surface area (Å²) in [7, 11) is 0. The third kappa shape index (κ3) is 4.14. The minimum absolute atomic E-state index is 0.0166. The fraction of sp³-hybridized carbons (Fsp3) is 0.273.